The van der Waals surface area contributed by atoms with Crippen LogP contribution in [0.2, 0.25) is 0 Å². The molecule has 0 aromatic carbocycles. The Morgan fingerprint density at radius 3 is 2.18 bits per heavy atom. The Labute approximate surface area is 120 Å². The van der Waals surface area contributed by atoms with Gasteiger partial charge in [-0.3, -0.25) is 0 Å². The molecule has 92 valence electrons. The van der Waals surface area contributed by atoms with E-state index in [4.69, 9.17) is 0 Å². The largest absolute Gasteiger partial charge is 0.215 e. The van der Waals surface area contributed by atoms with E-state index < -0.39 is 0 Å². The lowest BCUT2D eigenvalue weighted by molar-refractivity contribution is -0.0522. The van der Waals surface area contributed by atoms with Crippen LogP contribution in [-0.4, -0.2) is 9.36 Å². The molecule has 0 N–H and O–H groups in total. The Bertz CT molecular complexity index is 407. The van der Waals surface area contributed by atoms with Crippen molar-refractivity contribution >= 4 is 34.1 Å². The molecule has 4 aliphatic carbocycles. The summed E-state index contributed by atoms with van der Waals surface area (Å²) in [5.74, 6) is 3.15. The maximum atomic E-state index is 4.58. The van der Waals surface area contributed by atoms with E-state index in [1.165, 1.54) is 50.0 Å². The molecule has 0 radical (unpaired) electrons. The molecule has 1 aromatic rings. The minimum Gasteiger partial charge on any atom is -0.215 e. The van der Waals surface area contributed by atoms with Crippen molar-refractivity contribution in [3.8, 4) is 0 Å². The molecule has 0 spiro atoms. The quantitative estimate of drug-likeness (QED) is 0.748. The maximum absolute atomic E-state index is 4.58. The van der Waals surface area contributed by atoms with Crippen molar-refractivity contribution in [3.05, 3.63) is 8.84 Å². The predicted molar refractivity (Wildman–Crippen MR) is 76.9 cm³/mol. The van der Waals surface area contributed by atoms with Crippen LogP contribution < -0.4 is 0 Å². The SMILES string of the molecule is Ic1nsc(CC23CC4CC(CC(C4)C2)C3)n1. The van der Waals surface area contributed by atoms with Gasteiger partial charge in [-0.25, -0.2) is 4.98 Å². The third kappa shape index (κ3) is 1.95. The van der Waals surface area contributed by atoms with Gasteiger partial charge in [-0.2, -0.15) is 4.37 Å². The Morgan fingerprint density at radius 2 is 1.71 bits per heavy atom. The average Bonchev–Trinajstić information content (AvgIpc) is 2.60. The molecule has 4 saturated carbocycles. The van der Waals surface area contributed by atoms with Gasteiger partial charge in [0.15, 0.2) is 0 Å². The van der Waals surface area contributed by atoms with Crippen molar-refractivity contribution in [2.24, 2.45) is 23.2 Å². The summed E-state index contributed by atoms with van der Waals surface area (Å²) >= 11 is 3.86. The summed E-state index contributed by atoms with van der Waals surface area (Å²) in [6.07, 6.45) is 10.3. The van der Waals surface area contributed by atoms with Crippen molar-refractivity contribution < 1.29 is 0 Å². The Hall–Kier alpha value is 0.290. The van der Waals surface area contributed by atoms with E-state index in [-0.39, 0.29) is 0 Å². The van der Waals surface area contributed by atoms with Gasteiger partial charge in [-0.05, 0) is 73.2 Å². The molecule has 17 heavy (non-hydrogen) atoms. The third-order valence-electron chi connectivity index (χ3n) is 5.13. The molecule has 4 bridgehead atoms. The molecule has 1 aromatic heterocycles. The van der Waals surface area contributed by atoms with Crippen molar-refractivity contribution in [1.29, 1.82) is 0 Å². The lowest BCUT2D eigenvalue weighted by atomic mass is 9.49. The highest BCUT2D eigenvalue weighted by molar-refractivity contribution is 14.1. The van der Waals surface area contributed by atoms with E-state index in [0.29, 0.717) is 5.41 Å². The van der Waals surface area contributed by atoms with E-state index in [9.17, 15) is 0 Å². The van der Waals surface area contributed by atoms with Crippen LogP contribution in [0.15, 0.2) is 0 Å². The minimum atomic E-state index is 0.622. The average molecular weight is 360 g/mol. The summed E-state index contributed by atoms with van der Waals surface area (Å²) in [5, 5.41) is 1.29. The summed E-state index contributed by atoms with van der Waals surface area (Å²) in [7, 11) is 0. The standard InChI is InChI=1S/C13H17IN2S/c14-12-15-11(17-16-12)7-13-4-8-1-9(5-13)3-10(2-8)6-13/h8-10H,1-7H2. The maximum Gasteiger partial charge on any atom is 0.203 e. The summed E-state index contributed by atoms with van der Waals surface area (Å²) in [6.45, 7) is 0. The summed E-state index contributed by atoms with van der Waals surface area (Å²) in [6, 6.07) is 0. The van der Waals surface area contributed by atoms with Gasteiger partial charge in [0.25, 0.3) is 0 Å². The van der Waals surface area contributed by atoms with Crippen LogP contribution in [0.3, 0.4) is 0 Å². The lowest BCUT2D eigenvalue weighted by Crippen LogP contribution is -2.47. The van der Waals surface area contributed by atoms with Gasteiger partial charge in [0.1, 0.15) is 5.01 Å². The second-order valence-corrected chi connectivity index (χ2v) is 8.35. The fraction of sp³-hybridized carbons (Fsp3) is 0.846. The molecular weight excluding hydrogens is 343 g/mol. The smallest absolute Gasteiger partial charge is 0.203 e. The molecule has 0 unspecified atom stereocenters. The summed E-state index contributed by atoms with van der Waals surface area (Å²) in [5.41, 5.74) is 0.622. The zero-order valence-corrected chi connectivity index (χ0v) is 12.8. The molecule has 0 aliphatic heterocycles. The van der Waals surface area contributed by atoms with Gasteiger partial charge in [0.05, 0.1) is 0 Å². The summed E-state index contributed by atoms with van der Waals surface area (Å²) in [4.78, 5) is 4.58. The Kier molecular flexibility index (Phi) is 2.55. The van der Waals surface area contributed by atoms with Crippen LogP contribution in [0.5, 0.6) is 0 Å². The molecule has 0 saturated heterocycles. The first kappa shape index (κ1) is 11.1. The van der Waals surface area contributed by atoms with Gasteiger partial charge in [0.2, 0.25) is 3.83 Å². The molecule has 1 heterocycles. The second kappa shape index (κ2) is 3.89. The van der Waals surface area contributed by atoms with Gasteiger partial charge < -0.3 is 0 Å². The van der Waals surface area contributed by atoms with E-state index >= 15 is 0 Å². The Morgan fingerprint density at radius 1 is 1.12 bits per heavy atom. The first-order valence-corrected chi connectivity index (χ1v) is 8.54. The molecule has 4 heteroatoms. The van der Waals surface area contributed by atoms with Crippen LogP contribution in [-0.2, 0) is 6.42 Å². The van der Waals surface area contributed by atoms with E-state index in [1.807, 2.05) is 0 Å². The molecule has 0 atom stereocenters. The van der Waals surface area contributed by atoms with Crippen LogP contribution in [0.1, 0.15) is 43.5 Å². The highest BCUT2D eigenvalue weighted by atomic mass is 127. The van der Waals surface area contributed by atoms with Crippen LogP contribution in [0, 0.1) is 27.0 Å². The number of halogens is 1. The van der Waals surface area contributed by atoms with Gasteiger partial charge in [-0.1, -0.05) is 0 Å². The van der Waals surface area contributed by atoms with E-state index in [2.05, 4.69) is 31.9 Å². The lowest BCUT2D eigenvalue weighted by Gasteiger charge is -2.56. The summed E-state index contributed by atoms with van der Waals surface area (Å²) < 4.78 is 5.27. The topological polar surface area (TPSA) is 25.8 Å². The fourth-order valence-electron chi connectivity index (χ4n) is 5.13. The highest BCUT2D eigenvalue weighted by Crippen LogP contribution is 2.61. The third-order valence-corrected chi connectivity index (χ3v) is 6.65. The van der Waals surface area contributed by atoms with Crippen molar-refractivity contribution in [2.45, 2.75) is 44.9 Å². The van der Waals surface area contributed by atoms with Gasteiger partial charge >= 0.3 is 0 Å². The Balaban J connectivity index is 1.60. The molecule has 4 aliphatic rings. The normalized spacial score (nSPS) is 43.2. The number of aromatic nitrogens is 2. The van der Waals surface area contributed by atoms with E-state index in [1.54, 1.807) is 11.5 Å². The van der Waals surface area contributed by atoms with Gasteiger partial charge in [-0.15, -0.1) is 0 Å². The first-order valence-electron chi connectivity index (χ1n) is 6.69. The molecule has 4 fully saturated rings. The highest BCUT2D eigenvalue weighted by Gasteiger charge is 2.50. The zero-order valence-electron chi connectivity index (χ0n) is 9.86. The minimum absolute atomic E-state index is 0.622. The monoisotopic (exact) mass is 360 g/mol. The van der Waals surface area contributed by atoms with Crippen LogP contribution in [0.25, 0.3) is 0 Å². The molecule has 5 rings (SSSR count). The number of nitrogens with zero attached hydrogens (tertiary/aromatic N) is 2. The number of rotatable bonds is 2. The molecule has 2 nitrogen and oxygen atoms in total. The zero-order chi connectivity index (χ0) is 11.5. The fourth-order valence-corrected chi connectivity index (χ4v) is 6.60. The predicted octanol–water partition coefficient (Wildman–Crippen LogP) is 3.90. The van der Waals surface area contributed by atoms with Crippen molar-refractivity contribution in [3.63, 3.8) is 0 Å². The van der Waals surface area contributed by atoms with Crippen molar-refractivity contribution in [1.82, 2.24) is 9.36 Å². The molecule has 0 amide bonds. The van der Waals surface area contributed by atoms with Crippen molar-refractivity contribution in [2.75, 3.05) is 0 Å². The van der Waals surface area contributed by atoms with E-state index in [0.717, 1.165) is 21.6 Å². The first-order chi connectivity index (χ1) is 8.21. The van der Waals surface area contributed by atoms with Crippen LogP contribution in [0.4, 0.5) is 0 Å². The van der Waals surface area contributed by atoms with Crippen LogP contribution >= 0.6 is 34.1 Å². The number of hydrogen-bond donors (Lipinski definition) is 0. The molecular formula is C13H17IN2S. The van der Waals surface area contributed by atoms with Gasteiger partial charge in [0, 0.05) is 29.0 Å². The second-order valence-electron chi connectivity index (χ2n) is 6.55. The number of hydrogen-bond acceptors (Lipinski definition) is 3.